The Morgan fingerprint density at radius 3 is 2.55 bits per heavy atom. The predicted octanol–water partition coefficient (Wildman–Crippen LogP) is 5.20. The van der Waals surface area contributed by atoms with E-state index in [4.69, 9.17) is 12.2 Å². The molecule has 4 aromatic rings. The number of benzene rings is 1. The van der Waals surface area contributed by atoms with E-state index in [2.05, 4.69) is 37.7 Å². The summed E-state index contributed by atoms with van der Waals surface area (Å²) in [6.07, 6.45) is 5.39. The maximum Gasteiger partial charge on any atom is 0.170 e. The van der Waals surface area contributed by atoms with E-state index in [1.807, 2.05) is 43.3 Å². The highest BCUT2D eigenvalue weighted by atomic mass is 32.1. The van der Waals surface area contributed by atoms with Crippen molar-refractivity contribution in [1.82, 2.24) is 24.8 Å². The van der Waals surface area contributed by atoms with Gasteiger partial charge in [-0.25, -0.2) is 4.39 Å². The Morgan fingerprint density at radius 1 is 1.00 bits per heavy atom. The third-order valence-corrected chi connectivity index (χ3v) is 6.51. The molecule has 0 spiro atoms. The van der Waals surface area contributed by atoms with Crippen molar-refractivity contribution in [3.8, 4) is 5.69 Å². The average molecular weight is 458 g/mol. The Balaban J connectivity index is 1.62. The van der Waals surface area contributed by atoms with Crippen LogP contribution in [0.15, 0.2) is 79.3 Å². The van der Waals surface area contributed by atoms with Crippen LogP contribution in [0.2, 0.25) is 0 Å². The molecule has 0 bridgehead atoms. The largest absolute Gasteiger partial charge is 0.352 e. The SMILES string of the molecule is Cc1cc([C@H]2[C@@H](c3ccccn3)NC(=S)N2Cc2ccncc2)c(C)n1-c1cccc(F)c1. The first-order valence-electron chi connectivity index (χ1n) is 10.8. The molecule has 7 heteroatoms. The van der Waals surface area contributed by atoms with Crippen LogP contribution in [0.1, 0.15) is 40.3 Å². The van der Waals surface area contributed by atoms with E-state index in [0.717, 1.165) is 33.9 Å². The number of pyridine rings is 2. The number of thiocarbonyl (C=S) groups is 1. The standard InChI is InChI=1S/C26H24FN5S/c1-17-14-22(18(2)32(17)21-7-5-6-20(27)15-21)25-24(23-8-3-4-11-29-23)30-26(33)31(25)16-19-9-12-28-13-10-19/h3-15,24-25H,16H2,1-2H3,(H,30,33)/t24-,25+/m1/s1. The van der Waals surface area contributed by atoms with E-state index in [1.165, 1.54) is 6.07 Å². The first-order chi connectivity index (χ1) is 16.0. The number of hydrogen-bond acceptors (Lipinski definition) is 3. The normalized spacial score (nSPS) is 17.9. The van der Waals surface area contributed by atoms with Crippen molar-refractivity contribution >= 4 is 17.3 Å². The number of nitrogens with zero attached hydrogens (tertiary/aromatic N) is 4. The van der Waals surface area contributed by atoms with Crippen molar-refractivity contribution in [3.63, 3.8) is 0 Å². The summed E-state index contributed by atoms with van der Waals surface area (Å²) in [6.45, 7) is 4.77. The minimum atomic E-state index is -0.254. The van der Waals surface area contributed by atoms with Gasteiger partial charge in [0.15, 0.2) is 5.11 Å². The Bertz CT molecular complexity index is 1290. The van der Waals surface area contributed by atoms with Crippen LogP contribution in [0, 0.1) is 19.7 Å². The Kier molecular flexibility index (Phi) is 5.64. The van der Waals surface area contributed by atoms with Gasteiger partial charge in [-0.3, -0.25) is 9.97 Å². The number of halogens is 1. The lowest BCUT2D eigenvalue weighted by Gasteiger charge is -2.28. The molecule has 1 saturated heterocycles. The van der Waals surface area contributed by atoms with Crippen LogP contribution in [0.25, 0.3) is 5.69 Å². The van der Waals surface area contributed by atoms with Crippen molar-refractivity contribution in [3.05, 3.63) is 113 Å². The third-order valence-electron chi connectivity index (χ3n) is 6.16. The zero-order valence-electron chi connectivity index (χ0n) is 18.4. The summed E-state index contributed by atoms with van der Waals surface area (Å²) in [4.78, 5) is 11.0. The highest BCUT2D eigenvalue weighted by molar-refractivity contribution is 7.80. The maximum absolute atomic E-state index is 14.0. The second-order valence-electron chi connectivity index (χ2n) is 8.25. The minimum absolute atomic E-state index is 0.0749. The fourth-order valence-electron chi connectivity index (χ4n) is 4.70. The van der Waals surface area contributed by atoms with Gasteiger partial charge in [0.05, 0.1) is 17.8 Å². The molecule has 1 N–H and O–H groups in total. The summed E-state index contributed by atoms with van der Waals surface area (Å²) < 4.78 is 16.1. The summed E-state index contributed by atoms with van der Waals surface area (Å²) in [5.74, 6) is -0.254. The summed E-state index contributed by atoms with van der Waals surface area (Å²) in [5, 5.41) is 4.19. The number of hydrogen-bond donors (Lipinski definition) is 1. The molecule has 1 fully saturated rings. The van der Waals surface area contributed by atoms with Gasteiger partial charge in [0.2, 0.25) is 0 Å². The van der Waals surface area contributed by atoms with Crippen LogP contribution < -0.4 is 5.32 Å². The smallest absolute Gasteiger partial charge is 0.170 e. The first-order valence-corrected chi connectivity index (χ1v) is 11.3. The van der Waals surface area contributed by atoms with Crippen LogP contribution in [0.5, 0.6) is 0 Å². The van der Waals surface area contributed by atoms with Gasteiger partial charge in [0.25, 0.3) is 0 Å². The molecule has 0 saturated carbocycles. The highest BCUT2D eigenvalue weighted by Gasteiger charge is 2.41. The summed E-state index contributed by atoms with van der Waals surface area (Å²) in [5.41, 5.74) is 6.08. The fraction of sp³-hybridized carbons (Fsp3) is 0.192. The lowest BCUT2D eigenvalue weighted by molar-refractivity contribution is 0.310. The first kappa shape index (κ1) is 21.3. The number of nitrogens with one attached hydrogen (secondary N) is 1. The zero-order valence-corrected chi connectivity index (χ0v) is 19.3. The molecule has 0 unspecified atom stereocenters. The molecular weight excluding hydrogens is 433 g/mol. The van der Waals surface area contributed by atoms with Gasteiger partial charge in [0, 0.05) is 42.2 Å². The van der Waals surface area contributed by atoms with Crippen LogP contribution in [-0.4, -0.2) is 24.5 Å². The van der Waals surface area contributed by atoms with Crippen LogP contribution in [0.4, 0.5) is 4.39 Å². The predicted molar refractivity (Wildman–Crippen MR) is 130 cm³/mol. The van der Waals surface area contributed by atoms with Gasteiger partial charge in [-0.1, -0.05) is 12.1 Å². The van der Waals surface area contributed by atoms with E-state index < -0.39 is 0 Å². The summed E-state index contributed by atoms with van der Waals surface area (Å²) >= 11 is 5.80. The van der Waals surface area contributed by atoms with Gasteiger partial charge in [-0.15, -0.1) is 0 Å². The lowest BCUT2D eigenvalue weighted by Crippen LogP contribution is -2.29. The van der Waals surface area contributed by atoms with Gasteiger partial charge < -0.3 is 14.8 Å². The van der Waals surface area contributed by atoms with Crippen molar-refractivity contribution in [2.45, 2.75) is 32.5 Å². The number of rotatable bonds is 5. The molecule has 1 aromatic carbocycles. The highest BCUT2D eigenvalue weighted by Crippen LogP contribution is 2.42. The Morgan fingerprint density at radius 2 is 1.82 bits per heavy atom. The molecule has 0 amide bonds. The van der Waals surface area contributed by atoms with Crippen LogP contribution in [0.3, 0.4) is 0 Å². The van der Waals surface area contributed by atoms with E-state index in [1.54, 1.807) is 30.7 Å². The molecule has 3 aromatic heterocycles. The van der Waals surface area contributed by atoms with Gasteiger partial charge >= 0.3 is 0 Å². The van der Waals surface area contributed by atoms with Crippen LogP contribution in [-0.2, 0) is 6.54 Å². The molecular formula is C26H24FN5S. The Hall–Kier alpha value is -3.58. The van der Waals surface area contributed by atoms with Gasteiger partial charge in [0.1, 0.15) is 5.82 Å². The van der Waals surface area contributed by atoms with Crippen molar-refractivity contribution in [2.75, 3.05) is 0 Å². The van der Waals surface area contributed by atoms with E-state index in [9.17, 15) is 4.39 Å². The van der Waals surface area contributed by atoms with E-state index >= 15 is 0 Å². The summed E-state index contributed by atoms with van der Waals surface area (Å²) in [6, 6.07) is 18.6. The summed E-state index contributed by atoms with van der Waals surface area (Å²) in [7, 11) is 0. The molecule has 2 atom stereocenters. The zero-order chi connectivity index (χ0) is 22.9. The third kappa shape index (κ3) is 4.00. The number of aromatic nitrogens is 3. The average Bonchev–Trinajstić information content (AvgIpc) is 3.30. The molecule has 4 heterocycles. The molecule has 0 radical (unpaired) electrons. The number of aryl methyl sites for hydroxylation is 1. The van der Waals surface area contributed by atoms with Gasteiger partial charge in [-0.05, 0) is 85.7 Å². The molecule has 33 heavy (non-hydrogen) atoms. The van der Waals surface area contributed by atoms with Crippen LogP contribution >= 0.6 is 12.2 Å². The molecule has 1 aliphatic rings. The molecule has 1 aliphatic heterocycles. The van der Waals surface area contributed by atoms with Crippen molar-refractivity contribution in [2.24, 2.45) is 0 Å². The quantitative estimate of drug-likeness (QED) is 0.418. The fourth-order valence-corrected chi connectivity index (χ4v) is 5.00. The van der Waals surface area contributed by atoms with Gasteiger partial charge in [-0.2, -0.15) is 0 Å². The minimum Gasteiger partial charge on any atom is -0.352 e. The molecule has 166 valence electrons. The Labute approximate surface area is 197 Å². The maximum atomic E-state index is 14.0. The second kappa shape index (κ2) is 8.75. The molecule has 5 rings (SSSR count). The second-order valence-corrected chi connectivity index (χ2v) is 8.64. The lowest BCUT2D eigenvalue weighted by atomic mass is 9.96. The van der Waals surface area contributed by atoms with E-state index in [0.29, 0.717) is 11.7 Å². The van der Waals surface area contributed by atoms with Crippen molar-refractivity contribution in [1.29, 1.82) is 0 Å². The topological polar surface area (TPSA) is 46.0 Å². The molecule has 5 nitrogen and oxygen atoms in total. The van der Waals surface area contributed by atoms with E-state index in [-0.39, 0.29) is 17.9 Å². The monoisotopic (exact) mass is 457 g/mol. The van der Waals surface area contributed by atoms with Crippen molar-refractivity contribution < 1.29 is 4.39 Å². The molecule has 0 aliphatic carbocycles.